The molecular weight excluding hydrogens is 362 g/mol. The molecule has 0 unspecified atom stereocenters. The van der Waals surface area contributed by atoms with Crippen molar-refractivity contribution in [2.45, 2.75) is 37.0 Å². The van der Waals surface area contributed by atoms with Crippen LogP contribution in [0.2, 0.25) is 0 Å². The van der Waals surface area contributed by atoms with Gasteiger partial charge in [0, 0.05) is 37.6 Å². The maximum Gasteiger partial charge on any atom is 0.251 e. The largest absolute Gasteiger partial charge is 0.352 e. The van der Waals surface area contributed by atoms with E-state index in [1.165, 1.54) is 12.1 Å². The molecule has 0 atom stereocenters. The van der Waals surface area contributed by atoms with E-state index in [1.807, 2.05) is 12.1 Å². The molecule has 0 aliphatic carbocycles. The molecule has 2 heterocycles. The summed E-state index contributed by atoms with van der Waals surface area (Å²) < 4.78 is 27.1. The predicted molar refractivity (Wildman–Crippen MR) is 104 cm³/mol. The van der Waals surface area contributed by atoms with E-state index < -0.39 is 10.0 Å². The lowest BCUT2D eigenvalue weighted by Gasteiger charge is -2.20. The van der Waals surface area contributed by atoms with Crippen molar-refractivity contribution in [2.24, 2.45) is 0 Å². The molecular formula is C20H25N3O3S. The average Bonchev–Trinajstić information content (AvgIpc) is 2.99. The maximum atomic E-state index is 12.8. The maximum absolute atomic E-state index is 12.8. The van der Waals surface area contributed by atoms with Crippen molar-refractivity contribution in [3.8, 4) is 0 Å². The predicted octanol–water partition coefficient (Wildman–Crippen LogP) is 2.62. The first-order valence-corrected chi connectivity index (χ1v) is 10.8. The summed E-state index contributed by atoms with van der Waals surface area (Å²) in [6.45, 7) is 1.64. The summed E-state index contributed by atoms with van der Waals surface area (Å²) in [5.74, 6) is -0.211. The van der Waals surface area contributed by atoms with Gasteiger partial charge in [0.15, 0.2) is 0 Å². The molecule has 1 aromatic carbocycles. The summed E-state index contributed by atoms with van der Waals surface area (Å²) in [5, 5.41) is 2.85. The Balaban J connectivity index is 1.59. The Bertz CT molecular complexity index is 844. The number of pyridine rings is 1. The summed E-state index contributed by atoms with van der Waals surface area (Å²) in [6, 6.07) is 10.0. The third-order valence-electron chi connectivity index (χ3n) is 4.74. The number of amides is 1. The van der Waals surface area contributed by atoms with Gasteiger partial charge in [0.05, 0.1) is 4.90 Å². The van der Waals surface area contributed by atoms with E-state index in [2.05, 4.69) is 10.3 Å². The second-order valence-electron chi connectivity index (χ2n) is 6.71. The molecule has 3 rings (SSSR count). The number of carbonyl (C=O) groups excluding carboxylic acids is 1. The van der Waals surface area contributed by atoms with E-state index >= 15 is 0 Å². The smallest absolute Gasteiger partial charge is 0.251 e. The van der Waals surface area contributed by atoms with Crippen LogP contribution in [0.5, 0.6) is 0 Å². The lowest BCUT2D eigenvalue weighted by molar-refractivity contribution is 0.0954. The number of hydrogen-bond donors (Lipinski definition) is 1. The number of rotatable bonds is 6. The molecule has 1 aliphatic rings. The molecule has 27 heavy (non-hydrogen) atoms. The van der Waals surface area contributed by atoms with Crippen LogP contribution in [0, 0.1) is 0 Å². The molecule has 0 saturated carbocycles. The van der Waals surface area contributed by atoms with Gasteiger partial charge in [-0.15, -0.1) is 0 Å². The molecule has 0 bridgehead atoms. The van der Waals surface area contributed by atoms with Crippen molar-refractivity contribution in [2.75, 3.05) is 19.6 Å². The van der Waals surface area contributed by atoms with Gasteiger partial charge < -0.3 is 5.32 Å². The number of nitrogens with one attached hydrogen (secondary N) is 1. The Morgan fingerprint density at radius 1 is 1.04 bits per heavy atom. The van der Waals surface area contributed by atoms with Crippen LogP contribution in [0.1, 0.15) is 41.6 Å². The lowest BCUT2D eigenvalue weighted by Crippen LogP contribution is -2.32. The van der Waals surface area contributed by atoms with Gasteiger partial charge in [-0.05, 0) is 55.2 Å². The van der Waals surface area contributed by atoms with E-state index in [-0.39, 0.29) is 10.8 Å². The summed E-state index contributed by atoms with van der Waals surface area (Å²) in [7, 11) is -3.49. The minimum Gasteiger partial charge on any atom is -0.352 e. The lowest BCUT2D eigenvalue weighted by atomic mass is 10.2. The van der Waals surface area contributed by atoms with Crippen LogP contribution in [0.4, 0.5) is 0 Å². The monoisotopic (exact) mass is 387 g/mol. The molecule has 0 spiro atoms. The van der Waals surface area contributed by atoms with E-state index in [1.54, 1.807) is 28.8 Å². The minimum atomic E-state index is -3.49. The van der Waals surface area contributed by atoms with Crippen molar-refractivity contribution >= 4 is 15.9 Å². The van der Waals surface area contributed by atoms with Crippen molar-refractivity contribution in [3.63, 3.8) is 0 Å². The Kier molecular flexibility index (Phi) is 6.58. The number of benzene rings is 1. The number of nitrogens with zero attached hydrogens (tertiary/aromatic N) is 2. The number of hydrogen-bond acceptors (Lipinski definition) is 4. The number of carbonyl (C=O) groups is 1. The average molecular weight is 388 g/mol. The fourth-order valence-corrected chi connectivity index (χ4v) is 4.69. The first-order chi connectivity index (χ1) is 13.1. The van der Waals surface area contributed by atoms with Crippen LogP contribution in [-0.2, 0) is 16.4 Å². The van der Waals surface area contributed by atoms with Gasteiger partial charge in [0.25, 0.3) is 5.91 Å². The van der Waals surface area contributed by atoms with Crippen molar-refractivity contribution in [1.82, 2.24) is 14.6 Å². The second kappa shape index (κ2) is 9.10. The van der Waals surface area contributed by atoms with Crippen LogP contribution < -0.4 is 5.32 Å². The Morgan fingerprint density at radius 3 is 2.37 bits per heavy atom. The van der Waals surface area contributed by atoms with Gasteiger partial charge in [-0.1, -0.05) is 18.9 Å². The fraction of sp³-hybridized carbons (Fsp3) is 0.400. The zero-order valence-corrected chi connectivity index (χ0v) is 16.1. The van der Waals surface area contributed by atoms with Crippen molar-refractivity contribution in [3.05, 3.63) is 59.9 Å². The Hall–Kier alpha value is -2.25. The fourth-order valence-electron chi connectivity index (χ4n) is 3.18. The van der Waals surface area contributed by atoms with Gasteiger partial charge in [-0.2, -0.15) is 4.31 Å². The molecule has 1 N–H and O–H groups in total. The second-order valence-corrected chi connectivity index (χ2v) is 8.65. The number of sulfonamides is 1. The van der Waals surface area contributed by atoms with Crippen molar-refractivity contribution in [1.29, 1.82) is 0 Å². The molecule has 6 nitrogen and oxygen atoms in total. The van der Waals surface area contributed by atoms with Crippen LogP contribution in [-0.4, -0.2) is 43.2 Å². The zero-order chi connectivity index (χ0) is 19.1. The van der Waals surface area contributed by atoms with Crippen LogP contribution >= 0.6 is 0 Å². The Morgan fingerprint density at radius 2 is 1.74 bits per heavy atom. The van der Waals surface area contributed by atoms with Gasteiger partial charge in [-0.3, -0.25) is 9.78 Å². The SMILES string of the molecule is O=C(NCCc1cccnc1)c1ccc(S(=O)(=O)N2CCCCCC2)cc1. The van der Waals surface area contributed by atoms with Crippen LogP contribution in [0.3, 0.4) is 0 Å². The van der Waals surface area contributed by atoms with Gasteiger partial charge >= 0.3 is 0 Å². The third-order valence-corrected chi connectivity index (χ3v) is 6.65. The molecule has 2 aromatic rings. The summed E-state index contributed by atoms with van der Waals surface area (Å²) in [4.78, 5) is 16.5. The summed E-state index contributed by atoms with van der Waals surface area (Å²) >= 11 is 0. The molecule has 0 radical (unpaired) electrons. The normalized spacial score (nSPS) is 15.9. The molecule has 1 saturated heterocycles. The molecule has 1 fully saturated rings. The first kappa shape index (κ1) is 19.5. The van der Waals surface area contributed by atoms with Crippen LogP contribution in [0.15, 0.2) is 53.7 Å². The van der Waals surface area contributed by atoms with E-state index in [4.69, 9.17) is 0 Å². The third kappa shape index (κ3) is 5.14. The van der Waals surface area contributed by atoms with Gasteiger partial charge in [-0.25, -0.2) is 8.42 Å². The minimum absolute atomic E-state index is 0.211. The highest BCUT2D eigenvalue weighted by atomic mass is 32.2. The standard InChI is InChI=1S/C20H25N3O3S/c24-20(22-13-11-17-6-5-12-21-16-17)18-7-9-19(10-8-18)27(25,26)23-14-3-1-2-4-15-23/h5-10,12,16H,1-4,11,13-15H2,(H,22,24). The molecule has 7 heteroatoms. The number of aromatic nitrogens is 1. The topological polar surface area (TPSA) is 79.4 Å². The first-order valence-electron chi connectivity index (χ1n) is 9.35. The molecule has 1 amide bonds. The van der Waals surface area contributed by atoms with Crippen molar-refractivity contribution < 1.29 is 13.2 Å². The Labute approximate surface area is 160 Å². The highest BCUT2D eigenvalue weighted by molar-refractivity contribution is 7.89. The molecule has 144 valence electrons. The van der Waals surface area contributed by atoms with E-state index in [0.29, 0.717) is 31.6 Å². The molecule has 1 aliphatic heterocycles. The quantitative estimate of drug-likeness (QED) is 0.826. The zero-order valence-electron chi connectivity index (χ0n) is 15.3. The van der Waals surface area contributed by atoms with Gasteiger partial charge in [0.1, 0.15) is 0 Å². The van der Waals surface area contributed by atoms with E-state index in [9.17, 15) is 13.2 Å². The van der Waals surface area contributed by atoms with Crippen LogP contribution in [0.25, 0.3) is 0 Å². The van der Waals surface area contributed by atoms with Gasteiger partial charge in [0.2, 0.25) is 10.0 Å². The van der Waals surface area contributed by atoms with E-state index in [0.717, 1.165) is 31.2 Å². The highest BCUT2D eigenvalue weighted by Gasteiger charge is 2.25. The molecule has 1 aromatic heterocycles. The summed E-state index contributed by atoms with van der Waals surface area (Å²) in [5.41, 5.74) is 1.51. The highest BCUT2D eigenvalue weighted by Crippen LogP contribution is 2.20. The summed E-state index contributed by atoms with van der Waals surface area (Å²) in [6.07, 6.45) is 8.13.